The molecular formula is C15H17F3N4O2S2. The van der Waals surface area contributed by atoms with Crippen LogP contribution in [0, 0.1) is 0 Å². The molecule has 1 fully saturated rings. The molecule has 1 aliphatic rings. The van der Waals surface area contributed by atoms with Crippen molar-refractivity contribution in [1.82, 2.24) is 20.1 Å². The Morgan fingerprint density at radius 1 is 1.46 bits per heavy atom. The van der Waals surface area contributed by atoms with Crippen molar-refractivity contribution in [2.75, 3.05) is 18.9 Å². The van der Waals surface area contributed by atoms with E-state index in [1.54, 1.807) is 0 Å². The van der Waals surface area contributed by atoms with Crippen LogP contribution in [0.2, 0.25) is 0 Å². The van der Waals surface area contributed by atoms with Crippen molar-refractivity contribution in [2.24, 2.45) is 0 Å². The Morgan fingerprint density at radius 2 is 2.31 bits per heavy atom. The van der Waals surface area contributed by atoms with Gasteiger partial charge in [-0.2, -0.15) is 13.2 Å². The summed E-state index contributed by atoms with van der Waals surface area (Å²) >= 11 is 2.59. The highest BCUT2D eigenvalue weighted by molar-refractivity contribution is 7.99. The first kappa shape index (κ1) is 19.2. The van der Waals surface area contributed by atoms with Gasteiger partial charge in [0.05, 0.1) is 23.3 Å². The Kier molecular flexibility index (Phi) is 6.20. The van der Waals surface area contributed by atoms with Gasteiger partial charge in [-0.05, 0) is 24.3 Å². The van der Waals surface area contributed by atoms with E-state index >= 15 is 0 Å². The van der Waals surface area contributed by atoms with Crippen LogP contribution in [0.4, 0.5) is 13.2 Å². The summed E-state index contributed by atoms with van der Waals surface area (Å²) in [5, 5.41) is 12.6. The van der Waals surface area contributed by atoms with E-state index in [0.29, 0.717) is 24.1 Å². The molecule has 2 aromatic rings. The second-order valence-electron chi connectivity index (χ2n) is 5.71. The Balaban J connectivity index is 1.68. The number of rotatable bonds is 7. The smallest absolute Gasteiger partial charge is 0.376 e. The number of halogens is 3. The number of carbonyl (C=O) groups is 1. The van der Waals surface area contributed by atoms with Crippen LogP contribution in [-0.4, -0.2) is 51.9 Å². The number of alkyl halides is 3. The van der Waals surface area contributed by atoms with Crippen LogP contribution in [0.3, 0.4) is 0 Å². The molecule has 1 unspecified atom stereocenters. The summed E-state index contributed by atoms with van der Waals surface area (Å²) in [5.74, 6) is -0.185. The maximum Gasteiger partial charge on any atom is 0.405 e. The lowest BCUT2D eigenvalue weighted by atomic mass is 10.2. The quantitative estimate of drug-likeness (QED) is 0.716. The molecule has 0 bridgehead atoms. The van der Waals surface area contributed by atoms with E-state index in [2.05, 4.69) is 10.2 Å². The first-order valence-corrected chi connectivity index (χ1v) is 9.84. The minimum Gasteiger partial charge on any atom is -0.376 e. The van der Waals surface area contributed by atoms with E-state index in [1.165, 1.54) is 11.3 Å². The predicted octanol–water partition coefficient (Wildman–Crippen LogP) is 2.96. The summed E-state index contributed by atoms with van der Waals surface area (Å²) in [6, 6.07) is 3.83. The molecule has 0 spiro atoms. The number of thiophene rings is 1. The largest absolute Gasteiger partial charge is 0.405 e. The van der Waals surface area contributed by atoms with E-state index in [0.717, 1.165) is 29.5 Å². The van der Waals surface area contributed by atoms with Crippen molar-refractivity contribution >= 4 is 29.0 Å². The second kappa shape index (κ2) is 8.40. The lowest BCUT2D eigenvalue weighted by Crippen LogP contribution is -2.34. The zero-order valence-electron chi connectivity index (χ0n) is 13.7. The number of nitrogens with one attached hydrogen (secondary N) is 1. The summed E-state index contributed by atoms with van der Waals surface area (Å²) < 4.78 is 44.1. The molecule has 1 N–H and O–H groups in total. The van der Waals surface area contributed by atoms with E-state index in [1.807, 2.05) is 27.4 Å². The van der Waals surface area contributed by atoms with Gasteiger partial charge < -0.3 is 10.1 Å². The van der Waals surface area contributed by atoms with Gasteiger partial charge in [0.25, 0.3) is 0 Å². The number of hydrogen-bond donors (Lipinski definition) is 1. The molecule has 0 saturated carbocycles. The van der Waals surface area contributed by atoms with Gasteiger partial charge in [0.15, 0.2) is 11.0 Å². The van der Waals surface area contributed by atoms with Crippen LogP contribution < -0.4 is 5.32 Å². The van der Waals surface area contributed by atoms with Gasteiger partial charge in [-0.3, -0.25) is 9.36 Å². The number of ether oxygens (including phenoxy) is 1. The molecule has 2 aromatic heterocycles. The molecule has 0 aromatic carbocycles. The minimum atomic E-state index is -4.42. The van der Waals surface area contributed by atoms with Gasteiger partial charge in [0.1, 0.15) is 6.54 Å². The van der Waals surface area contributed by atoms with Crippen LogP contribution >= 0.6 is 23.1 Å². The van der Waals surface area contributed by atoms with Crippen molar-refractivity contribution in [3.05, 3.63) is 17.5 Å². The van der Waals surface area contributed by atoms with Crippen molar-refractivity contribution in [1.29, 1.82) is 0 Å². The molecule has 1 saturated heterocycles. The molecular weight excluding hydrogens is 389 g/mol. The molecule has 3 rings (SSSR count). The molecule has 1 amide bonds. The number of thioether (sulfide) groups is 1. The average Bonchev–Trinajstić information content (AvgIpc) is 3.32. The van der Waals surface area contributed by atoms with Crippen LogP contribution in [-0.2, 0) is 16.1 Å². The Bertz CT molecular complexity index is 728. The van der Waals surface area contributed by atoms with E-state index in [-0.39, 0.29) is 11.9 Å². The molecule has 26 heavy (non-hydrogen) atoms. The van der Waals surface area contributed by atoms with E-state index in [4.69, 9.17) is 4.74 Å². The monoisotopic (exact) mass is 406 g/mol. The van der Waals surface area contributed by atoms with E-state index < -0.39 is 18.6 Å². The van der Waals surface area contributed by atoms with E-state index in [9.17, 15) is 18.0 Å². The first-order chi connectivity index (χ1) is 12.4. The fourth-order valence-corrected chi connectivity index (χ4v) is 4.01. The topological polar surface area (TPSA) is 69.0 Å². The molecule has 0 aliphatic carbocycles. The summed E-state index contributed by atoms with van der Waals surface area (Å²) in [5.41, 5.74) is 0. The van der Waals surface area contributed by atoms with Crippen molar-refractivity contribution in [3.63, 3.8) is 0 Å². The Hall–Kier alpha value is -1.59. The summed E-state index contributed by atoms with van der Waals surface area (Å²) in [6.07, 6.45) is -2.46. The normalized spacial score (nSPS) is 17.6. The lowest BCUT2D eigenvalue weighted by molar-refractivity contribution is -0.136. The molecule has 142 valence electrons. The summed E-state index contributed by atoms with van der Waals surface area (Å²) in [4.78, 5) is 12.6. The standard InChI is InChI=1S/C15H17F3N4O2S2/c16-15(17,18)9-19-12(23)8-26-14-21-20-13(11-4-2-6-25-11)22(14)7-10-3-1-5-24-10/h2,4,6,10H,1,3,5,7-9H2,(H,19,23). The average molecular weight is 406 g/mol. The van der Waals surface area contributed by atoms with Crippen LogP contribution in [0.1, 0.15) is 12.8 Å². The highest BCUT2D eigenvalue weighted by Gasteiger charge is 2.28. The predicted molar refractivity (Wildman–Crippen MR) is 92.1 cm³/mol. The summed E-state index contributed by atoms with van der Waals surface area (Å²) in [7, 11) is 0. The second-order valence-corrected chi connectivity index (χ2v) is 7.60. The van der Waals surface area contributed by atoms with Crippen molar-refractivity contribution in [2.45, 2.75) is 36.8 Å². The third-order valence-corrected chi connectivity index (χ3v) is 5.52. The maximum atomic E-state index is 12.2. The molecule has 1 aliphatic heterocycles. The van der Waals surface area contributed by atoms with Gasteiger partial charge in [-0.1, -0.05) is 17.8 Å². The highest BCUT2D eigenvalue weighted by Crippen LogP contribution is 2.29. The fraction of sp³-hybridized carbons (Fsp3) is 0.533. The third-order valence-electron chi connectivity index (χ3n) is 3.69. The van der Waals surface area contributed by atoms with Crippen molar-refractivity contribution in [3.8, 4) is 10.7 Å². The maximum absolute atomic E-state index is 12.2. The molecule has 11 heteroatoms. The van der Waals surface area contributed by atoms with Gasteiger partial charge in [0.2, 0.25) is 5.91 Å². The SMILES string of the molecule is O=C(CSc1nnc(-c2cccs2)n1CC1CCCO1)NCC(F)(F)F. The fourth-order valence-electron chi connectivity index (χ4n) is 2.52. The van der Waals surface area contributed by atoms with Gasteiger partial charge in [0, 0.05) is 6.61 Å². The Labute approximate surface area is 156 Å². The molecule has 1 atom stereocenters. The number of aromatic nitrogens is 3. The highest BCUT2D eigenvalue weighted by atomic mass is 32.2. The number of hydrogen-bond acceptors (Lipinski definition) is 6. The number of amides is 1. The zero-order valence-corrected chi connectivity index (χ0v) is 15.3. The van der Waals surface area contributed by atoms with Crippen LogP contribution in [0.25, 0.3) is 10.7 Å². The van der Waals surface area contributed by atoms with Gasteiger partial charge in [-0.25, -0.2) is 0 Å². The van der Waals surface area contributed by atoms with Gasteiger partial charge >= 0.3 is 6.18 Å². The Morgan fingerprint density at radius 3 is 2.96 bits per heavy atom. The summed E-state index contributed by atoms with van der Waals surface area (Å²) in [6.45, 7) is -0.0777. The minimum absolute atomic E-state index is 0.0446. The lowest BCUT2D eigenvalue weighted by Gasteiger charge is -2.14. The number of carbonyl (C=O) groups excluding carboxylic acids is 1. The van der Waals surface area contributed by atoms with Crippen molar-refractivity contribution < 1.29 is 22.7 Å². The zero-order chi connectivity index (χ0) is 18.6. The third kappa shape index (κ3) is 5.21. The molecule has 3 heterocycles. The first-order valence-electron chi connectivity index (χ1n) is 7.97. The molecule has 6 nitrogen and oxygen atoms in total. The number of nitrogens with zero attached hydrogens (tertiary/aromatic N) is 3. The molecule has 0 radical (unpaired) electrons. The van der Waals surface area contributed by atoms with Crippen LogP contribution in [0.5, 0.6) is 0 Å². The van der Waals surface area contributed by atoms with Crippen LogP contribution in [0.15, 0.2) is 22.7 Å². The van der Waals surface area contributed by atoms with Gasteiger partial charge in [-0.15, -0.1) is 21.5 Å².